The van der Waals surface area contributed by atoms with E-state index in [1.807, 2.05) is 18.2 Å². The van der Waals surface area contributed by atoms with Crippen LogP contribution >= 0.6 is 15.9 Å². The zero-order valence-electron chi connectivity index (χ0n) is 12.0. The fourth-order valence-corrected chi connectivity index (χ4v) is 2.70. The maximum atomic E-state index is 13.5. The van der Waals surface area contributed by atoms with E-state index in [9.17, 15) is 4.39 Å². The van der Waals surface area contributed by atoms with Gasteiger partial charge in [-0.3, -0.25) is 0 Å². The van der Waals surface area contributed by atoms with Crippen LogP contribution < -0.4 is 14.2 Å². The van der Waals surface area contributed by atoms with Crippen LogP contribution in [0.4, 0.5) is 4.39 Å². The summed E-state index contributed by atoms with van der Waals surface area (Å²) >= 11 is 3.62. The molecule has 0 saturated carbocycles. The first-order valence-corrected chi connectivity index (χ1v) is 7.21. The molecule has 0 amide bonds. The summed E-state index contributed by atoms with van der Waals surface area (Å²) in [4.78, 5) is -0.146. The van der Waals surface area contributed by atoms with Gasteiger partial charge in [-0.25, -0.2) is 4.39 Å². The number of benzene rings is 2. The lowest BCUT2D eigenvalue weighted by atomic mass is 10.0. The highest BCUT2D eigenvalue weighted by Crippen LogP contribution is 2.39. The first kappa shape index (κ1) is 15.6. The molecule has 112 valence electrons. The summed E-state index contributed by atoms with van der Waals surface area (Å²) < 4.78 is 29.1. The molecular weight excluding hydrogens is 339 g/mol. The molecule has 0 N–H and O–H groups in total. The van der Waals surface area contributed by atoms with Gasteiger partial charge in [-0.1, -0.05) is 28.1 Å². The molecule has 2 aromatic carbocycles. The second-order valence-electron chi connectivity index (χ2n) is 4.36. The van der Waals surface area contributed by atoms with Gasteiger partial charge in [0.15, 0.2) is 11.6 Å². The topological polar surface area (TPSA) is 27.7 Å². The van der Waals surface area contributed by atoms with Gasteiger partial charge < -0.3 is 14.2 Å². The van der Waals surface area contributed by atoms with E-state index in [0.717, 1.165) is 11.1 Å². The summed E-state index contributed by atoms with van der Waals surface area (Å²) in [7, 11) is 4.65. The van der Waals surface area contributed by atoms with Crippen LogP contribution in [-0.2, 0) is 0 Å². The standard InChI is InChI=1S/C16H16BrFO3/c1-19-11-5-6-12(14(9-11)20-2)16(17)10-4-7-13(18)15(8-10)21-3/h4-9,16H,1-3H3. The number of alkyl halides is 1. The van der Waals surface area contributed by atoms with Crippen LogP contribution in [0.1, 0.15) is 16.0 Å². The lowest BCUT2D eigenvalue weighted by Crippen LogP contribution is -1.99. The smallest absolute Gasteiger partial charge is 0.165 e. The van der Waals surface area contributed by atoms with Crippen LogP contribution in [-0.4, -0.2) is 21.3 Å². The molecule has 21 heavy (non-hydrogen) atoms. The fraction of sp³-hybridized carbons (Fsp3) is 0.250. The van der Waals surface area contributed by atoms with Crippen molar-refractivity contribution in [3.63, 3.8) is 0 Å². The van der Waals surface area contributed by atoms with Gasteiger partial charge in [0.1, 0.15) is 11.5 Å². The molecule has 0 aromatic heterocycles. The van der Waals surface area contributed by atoms with Gasteiger partial charge in [0.2, 0.25) is 0 Å². The zero-order valence-corrected chi connectivity index (χ0v) is 13.6. The Morgan fingerprint density at radius 2 is 1.62 bits per heavy atom. The van der Waals surface area contributed by atoms with E-state index in [2.05, 4.69) is 15.9 Å². The summed E-state index contributed by atoms with van der Waals surface area (Å²) in [6.07, 6.45) is 0. The number of halogens is 2. The Kier molecular flexibility index (Phi) is 5.07. The van der Waals surface area contributed by atoms with Crippen molar-refractivity contribution in [2.45, 2.75) is 4.83 Å². The zero-order chi connectivity index (χ0) is 15.4. The largest absolute Gasteiger partial charge is 0.497 e. The molecule has 0 heterocycles. The van der Waals surface area contributed by atoms with Crippen LogP contribution in [0.25, 0.3) is 0 Å². The van der Waals surface area contributed by atoms with Crippen molar-refractivity contribution in [3.8, 4) is 17.2 Å². The van der Waals surface area contributed by atoms with Crippen LogP contribution in [0.15, 0.2) is 36.4 Å². The summed E-state index contributed by atoms with van der Waals surface area (Å²) in [6, 6.07) is 10.3. The Balaban J connectivity index is 2.41. The van der Waals surface area contributed by atoms with Crippen molar-refractivity contribution in [1.82, 2.24) is 0 Å². The molecule has 0 radical (unpaired) electrons. The second kappa shape index (κ2) is 6.80. The van der Waals surface area contributed by atoms with Gasteiger partial charge in [0, 0.05) is 11.6 Å². The van der Waals surface area contributed by atoms with Gasteiger partial charge in [-0.2, -0.15) is 0 Å². The Bertz CT molecular complexity index is 631. The van der Waals surface area contributed by atoms with E-state index >= 15 is 0 Å². The van der Waals surface area contributed by atoms with Crippen molar-refractivity contribution in [2.24, 2.45) is 0 Å². The average Bonchev–Trinajstić information content (AvgIpc) is 2.54. The van der Waals surface area contributed by atoms with Crippen LogP contribution in [0.3, 0.4) is 0 Å². The van der Waals surface area contributed by atoms with Crippen molar-refractivity contribution in [3.05, 3.63) is 53.3 Å². The Labute approximate surface area is 131 Å². The molecule has 0 spiro atoms. The molecule has 0 aliphatic heterocycles. The van der Waals surface area contributed by atoms with Gasteiger partial charge in [0.05, 0.1) is 26.2 Å². The van der Waals surface area contributed by atoms with E-state index in [4.69, 9.17) is 14.2 Å². The maximum Gasteiger partial charge on any atom is 0.165 e. The molecule has 0 aliphatic carbocycles. The molecule has 0 bridgehead atoms. The first-order chi connectivity index (χ1) is 10.1. The molecule has 0 saturated heterocycles. The Hall–Kier alpha value is -1.75. The van der Waals surface area contributed by atoms with Crippen molar-refractivity contribution in [1.29, 1.82) is 0 Å². The molecule has 2 rings (SSSR count). The van der Waals surface area contributed by atoms with E-state index in [1.165, 1.54) is 13.2 Å². The molecule has 3 nitrogen and oxygen atoms in total. The monoisotopic (exact) mass is 354 g/mol. The Morgan fingerprint density at radius 3 is 2.24 bits per heavy atom. The number of hydrogen-bond acceptors (Lipinski definition) is 3. The third-order valence-corrected chi connectivity index (χ3v) is 4.20. The number of rotatable bonds is 5. The number of methoxy groups -OCH3 is 3. The van der Waals surface area contributed by atoms with Crippen LogP contribution in [0, 0.1) is 5.82 Å². The Morgan fingerprint density at radius 1 is 0.905 bits per heavy atom. The average molecular weight is 355 g/mol. The molecule has 2 aromatic rings. The minimum absolute atomic E-state index is 0.146. The maximum absolute atomic E-state index is 13.5. The minimum atomic E-state index is -0.386. The van der Waals surface area contributed by atoms with Crippen LogP contribution in [0.5, 0.6) is 17.2 Å². The highest BCUT2D eigenvalue weighted by Gasteiger charge is 2.17. The van der Waals surface area contributed by atoms with Crippen molar-refractivity contribution in [2.75, 3.05) is 21.3 Å². The molecule has 5 heteroatoms. The molecule has 1 atom stereocenters. The highest BCUT2D eigenvalue weighted by atomic mass is 79.9. The quantitative estimate of drug-likeness (QED) is 0.747. The van der Waals surface area contributed by atoms with E-state index in [0.29, 0.717) is 11.5 Å². The normalized spacial score (nSPS) is 11.9. The van der Waals surface area contributed by atoms with E-state index in [1.54, 1.807) is 26.4 Å². The summed E-state index contributed by atoms with van der Waals surface area (Å²) in [5, 5.41) is 0. The van der Waals surface area contributed by atoms with Gasteiger partial charge >= 0.3 is 0 Å². The molecule has 0 fully saturated rings. The molecular formula is C16H16BrFO3. The van der Waals surface area contributed by atoms with Gasteiger partial charge in [-0.15, -0.1) is 0 Å². The summed E-state index contributed by atoms with van der Waals surface area (Å²) in [5.41, 5.74) is 1.80. The van der Waals surface area contributed by atoms with Gasteiger partial charge in [0.25, 0.3) is 0 Å². The minimum Gasteiger partial charge on any atom is -0.497 e. The first-order valence-electron chi connectivity index (χ1n) is 6.30. The molecule has 0 aliphatic rings. The van der Waals surface area contributed by atoms with Crippen LogP contribution in [0.2, 0.25) is 0 Å². The number of ether oxygens (including phenoxy) is 3. The second-order valence-corrected chi connectivity index (χ2v) is 5.28. The SMILES string of the molecule is COc1ccc(C(Br)c2ccc(F)c(OC)c2)c(OC)c1. The lowest BCUT2D eigenvalue weighted by molar-refractivity contribution is 0.385. The molecule has 1 unspecified atom stereocenters. The van der Waals surface area contributed by atoms with E-state index in [-0.39, 0.29) is 16.4 Å². The summed E-state index contributed by atoms with van der Waals surface area (Å²) in [5.74, 6) is 1.23. The van der Waals surface area contributed by atoms with Gasteiger partial charge in [-0.05, 0) is 23.8 Å². The fourth-order valence-electron chi connectivity index (χ4n) is 2.04. The van der Waals surface area contributed by atoms with Crippen molar-refractivity contribution >= 4 is 15.9 Å². The van der Waals surface area contributed by atoms with E-state index < -0.39 is 0 Å². The lowest BCUT2D eigenvalue weighted by Gasteiger charge is -2.16. The third-order valence-electron chi connectivity index (χ3n) is 3.18. The third kappa shape index (κ3) is 3.29. The predicted octanol–water partition coefficient (Wildman–Crippen LogP) is 4.34. The van der Waals surface area contributed by atoms with Crippen molar-refractivity contribution < 1.29 is 18.6 Å². The highest BCUT2D eigenvalue weighted by molar-refractivity contribution is 9.09. The predicted molar refractivity (Wildman–Crippen MR) is 83.3 cm³/mol. The summed E-state index contributed by atoms with van der Waals surface area (Å²) in [6.45, 7) is 0. The number of hydrogen-bond donors (Lipinski definition) is 0.